The summed E-state index contributed by atoms with van der Waals surface area (Å²) in [5.74, 6) is -1.06. The molecule has 2 aromatic rings. The topological polar surface area (TPSA) is 90.3 Å². The van der Waals surface area contributed by atoms with E-state index in [9.17, 15) is 14.4 Å². The van der Waals surface area contributed by atoms with Crippen LogP contribution < -0.4 is 0 Å². The first-order chi connectivity index (χ1) is 18.7. The molecule has 1 fully saturated rings. The van der Waals surface area contributed by atoms with Gasteiger partial charge in [-0.3, -0.25) is 14.5 Å². The fourth-order valence-corrected chi connectivity index (χ4v) is 6.42. The number of hydrogen-bond acceptors (Lipinski definition) is 7. The van der Waals surface area contributed by atoms with Crippen LogP contribution in [0.15, 0.2) is 28.9 Å². The lowest BCUT2D eigenvalue weighted by atomic mass is 9.79. The smallest absolute Gasteiger partial charge is 0.422 e. The highest BCUT2D eigenvalue weighted by Gasteiger charge is 2.39. The number of halogens is 1. The third-order valence-electron chi connectivity index (χ3n) is 8.04. The van der Waals surface area contributed by atoms with Gasteiger partial charge in [0.2, 0.25) is 5.91 Å². The first kappa shape index (κ1) is 27.9. The largest absolute Gasteiger partial charge is 0.424 e. The van der Waals surface area contributed by atoms with Gasteiger partial charge in [0.05, 0.1) is 29.3 Å². The van der Waals surface area contributed by atoms with Crippen LogP contribution in [0.4, 0.5) is 4.79 Å². The summed E-state index contributed by atoms with van der Waals surface area (Å²) in [7, 11) is 2.05. The predicted octanol–water partition coefficient (Wildman–Crippen LogP) is 4.30. The van der Waals surface area contributed by atoms with Crippen molar-refractivity contribution in [1.29, 1.82) is 0 Å². The Morgan fingerprint density at radius 2 is 1.87 bits per heavy atom. The van der Waals surface area contributed by atoms with Gasteiger partial charge in [-0.1, -0.05) is 32.1 Å². The lowest BCUT2D eigenvalue weighted by molar-refractivity contribution is -0.192. The minimum absolute atomic E-state index is 0.0843. The average molecular weight is 603 g/mol. The van der Waals surface area contributed by atoms with E-state index in [1.54, 1.807) is 0 Å². The molecular formula is C29H36BrN3O6. The Labute approximate surface area is 237 Å². The number of rotatable bonds is 7. The number of aromatic nitrogens is 1. The van der Waals surface area contributed by atoms with Crippen molar-refractivity contribution in [3.63, 3.8) is 0 Å². The van der Waals surface area contributed by atoms with Gasteiger partial charge in [-0.25, -0.2) is 9.36 Å². The molecule has 0 radical (unpaired) electrons. The van der Waals surface area contributed by atoms with Crippen LogP contribution in [0.25, 0.3) is 16.5 Å². The van der Waals surface area contributed by atoms with Gasteiger partial charge >= 0.3 is 12.1 Å². The molecule has 2 aliphatic heterocycles. The van der Waals surface area contributed by atoms with Crippen molar-refractivity contribution in [2.45, 2.75) is 46.4 Å². The molecule has 5 rings (SSSR count). The average Bonchev–Trinajstić information content (AvgIpc) is 3.15. The van der Waals surface area contributed by atoms with Crippen molar-refractivity contribution in [3.05, 3.63) is 40.0 Å². The van der Waals surface area contributed by atoms with Gasteiger partial charge in [0.15, 0.2) is 0 Å². The Kier molecular flexibility index (Phi) is 7.90. The van der Waals surface area contributed by atoms with Crippen LogP contribution in [0.2, 0.25) is 0 Å². The van der Waals surface area contributed by atoms with Crippen LogP contribution in [-0.2, 0) is 30.2 Å². The van der Waals surface area contributed by atoms with Gasteiger partial charge in [-0.05, 0) is 66.0 Å². The molecule has 0 bridgehead atoms. The number of fused-ring (bicyclic) bond motifs is 2. The Morgan fingerprint density at radius 1 is 1.15 bits per heavy atom. The third-order valence-corrected chi connectivity index (χ3v) is 8.87. The quantitative estimate of drug-likeness (QED) is 0.345. The monoisotopic (exact) mass is 601 g/mol. The molecule has 1 aromatic heterocycles. The molecule has 210 valence electrons. The van der Waals surface area contributed by atoms with E-state index in [2.05, 4.69) is 40.0 Å². The lowest BCUT2D eigenvalue weighted by Crippen LogP contribution is -2.47. The normalized spacial score (nSPS) is 21.7. The van der Waals surface area contributed by atoms with Gasteiger partial charge in [0.25, 0.3) is 6.29 Å². The summed E-state index contributed by atoms with van der Waals surface area (Å²) in [6, 6.07) is 5.96. The Morgan fingerprint density at radius 3 is 2.49 bits per heavy atom. The number of nitrogens with zero attached hydrogens (tertiary/aromatic N) is 3. The molecule has 10 heteroatoms. The second-order valence-corrected chi connectivity index (χ2v) is 11.6. The molecule has 9 nitrogen and oxygen atoms in total. The van der Waals surface area contributed by atoms with Crippen molar-refractivity contribution in [3.8, 4) is 0 Å². The van der Waals surface area contributed by atoms with Crippen molar-refractivity contribution < 1.29 is 28.6 Å². The lowest BCUT2D eigenvalue weighted by Gasteiger charge is -2.40. The Hall–Kier alpha value is -2.69. The molecule has 3 atom stereocenters. The highest BCUT2D eigenvalue weighted by molar-refractivity contribution is 9.10. The number of carbonyl (C=O) groups excluding carboxylic acids is 3. The molecular weight excluding hydrogens is 566 g/mol. The zero-order valence-corrected chi connectivity index (χ0v) is 24.7. The fourth-order valence-electron chi connectivity index (χ4n) is 5.73. The van der Waals surface area contributed by atoms with Crippen LogP contribution in [0.3, 0.4) is 0 Å². The van der Waals surface area contributed by atoms with E-state index < -0.39 is 18.4 Å². The molecule has 1 saturated heterocycles. The summed E-state index contributed by atoms with van der Waals surface area (Å²) in [5, 5.41) is 0.970. The van der Waals surface area contributed by atoms with E-state index in [-0.39, 0.29) is 29.7 Å². The number of ether oxygens (including phenoxy) is 3. The van der Waals surface area contributed by atoms with E-state index in [4.69, 9.17) is 14.2 Å². The van der Waals surface area contributed by atoms with E-state index in [1.807, 2.05) is 44.7 Å². The van der Waals surface area contributed by atoms with Gasteiger partial charge in [-0.2, -0.15) is 0 Å². The highest BCUT2D eigenvalue weighted by Crippen LogP contribution is 2.45. The summed E-state index contributed by atoms with van der Waals surface area (Å²) < 4.78 is 18.5. The van der Waals surface area contributed by atoms with Crippen LogP contribution in [0, 0.1) is 17.8 Å². The standard InChI is InChI=1S/C29H36BrN3O6/c1-6-32(7-2)26(34)17-11-20-19-9-8-10-22-24(19)21(12-23(20)31(5)13-17)25(30)33(22)29(36)39-28(16(3)4)38-27(35)18-14-37-15-18/h8-11,16-18,23,28H,6-7,12-15H2,1-5H3/t17-,23-,28?/m1/s1. The van der Waals surface area contributed by atoms with Crippen molar-refractivity contribution in [2.75, 3.05) is 39.9 Å². The van der Waals surface area contributed by atoms with Crippen LogP contribution >= 0.6 is 15.9 Å². The zero-order valence-electron chi connectivity index (χ0n) is 23.1. The SMILES string of the molecule is CCN(CC)C(=O)[C@@H]1C=C2c3cccc4c3c(c(Br)n4C(=O)OC(OC(=O)C3COC3)C(C)C)C[C@H]2N(C)C1. The van der Waals surface area contributed by atoms with Gasteiger partial charge in [0.1, 0.15) is 5.92 Å². The molecule has 0 N–H and O–H groups in total. The van der Waals surface area contributed by atoms with Crippen LogP contribution in [-0.4, -0.2) is 84.6 Å². The number of likely N-dealkylation sites (N-methyl/N-ethyl adjacent to an activating group) is 1. The van der Waals surface area contributed by atoms with Crippen molar-refractivity contribution in [1.82, 2.24) is 14.4 Å². The van der Waals surface area contributed by atoms with Crippen molar-refractivity contribution in [2.24, 2.45) is 17.8 Å². The first-order valence-electron chi connectivity index (χ1n) is 13.7. The maximum Gasteiger partial charge on any atom is 0.422 e. The first-order valence-corrected chi connectivity index (χ1v) is 14.5. The molecule has 0 saturated carbocycles. The molecule has 39 heavy (non-hydrogen) atoms. The zero-order chi connectivity index (χ0) is 28.0. The minimum Gasteiger partial charge on any atom is -0.424 e. The van der Waals surface area contributed by atoms with E-state index in [1.165, 1.54) is 4.57 Å². The van der Waals surface area contributed by atoms with Crippen molar-refractivity contribution >= 4 is 50.4 Å². The Bertz CT molecular complexity index is 1330. The van der Waals surface area contributed by atoms with Gasteiger partial charge in [-0.15, -0.1) is 0 Å². The number of benzene rings is 1. The minimum atomic E-state index is -1.02. The summed E-state index contributed by atoms with van der Waals surface area (Å²) >= 11 is 3.69. The molecule has 1 unspecified atom stereocenters. The fraction of sp³-hybridized carbons (Fsp3) is 0.552. The maximum absolute atomic E-state index is 13.6. The van der Waals surface area contributed by atoms with Crippen LogP contribution in [0.1, 0.15) is 38.8 Å². The van der Waals surface area contributed by atoms with E-state index in [0.717, 1.165) is 22.1 Å². The van der Waals surface area contributed by atoms with Gasteiger partial charge < -0.3 is 19.1 Å². The summed E-state index contributed by atoms with van der Waals surface area (Å²) in [4.78, 5) is 43.4. The third kappa shape index (κ3) is 4.91. The van der Waals surface area contributed by atoms with E-state index in [0.29, 0.717) is 49.4 Å². The Balaban J connectivity index is 1.50. The van der Waals surface area contributed by atoms with Gasteiger partial charge in [0, 0.05) is 37.0 Å². The summed E-state index contributed by atoms with van der Waals surface area (Å²) in [5.41, 5.74) is 3.86. The highest BCUT2D eigenvalue weighted by atomic mass is 79.9. The number of hydrogen-bond donors (Lipinski definition) is 0. The predicted molar refractivity (Wildman–Crippen MR) is 150 cm³/mol. The molecule has 1 aromatic carbocycles. The number of esters is 1. The van der Waals surface area contributed by atoms with Crippen LogP contribution in [0.5, 0.6) is 0 Å². The maximum atomic E-state index is 13.6. The molecule has 1 aliphatic carbocycles. The van der Waals surface area contributed by atoms with E-state index >= 15 is 0 Å². The molecule has 3 aliphatic rings. The summed E-state index contributed by atoms with van der Waals surface area (Å²) in [6.45, 7) is 10.3. The molecule has 1 amide bonds. The molecule has 3 heterocycles. The molecule has 0 spiro atoms. The number of carbonyl (C=O) groups is 3. The second kappa shape index (κ2) is 11.1. The summed E-state index contributed by atoms with van der Waals surface area (Å²) in [6.07, 6.45) is 1.18. The number of amides is 1. The second-order valence-electron chi connectivity index (χ2n) is 10.9.